The van der Waals surface area contributed by atoms with E-state index in [1.807, 2.05) is 6.07 Å². The number of benzene rings is 2. The molecule has 550 valence electrons. The van der Waals surface area contributed by atoms with Crippen LogP contribution in [0.15, 0.2) is 70.6 Å². The number of rotatable bonds is 47. The lowest BCUT2D eigenvalue weighted by atomic mass is 9.91. The van der Waals surface area contributed by atoms with Gasteiger partial charge in [-0.2, -0.15) is 0 Å². The van der Waals surface area contributed by atoms with Crippen LogP contribution in [0.4, 0.5) is 0 Å². The van der Waals surface area contributed by atoms with E-state index in [4.69, 9.17) is 45.9 Å². The minimum absolute atomic E-state index is 0.0264. The smallest absolute Gasteiger partial charge is 0.246 e. The van der Waals surface area contributed by atoms with Gasteiger partial charge in [0.1, 0.15) is 53.9 Å². The Balaban J connectivity index is 2.20. The Morgan fingerprint density at radius 1 is 0.465 bits per heavy atom. The van der Waals surface area contributed by atoms with Gasteiger partial charge in [0.05, 0.1) is 38.4 Å². The number of unbranched alkanes of at least 4 members (excludes halogenated alkanes) is 2. The fraction of sp³-hybridized carbons (Fsp3) is 0.565. The molecule has 0 aromatic heterocycles. The SMILES string of the molecule is C[C@H](NC(=O)CNC(=O)[C@@H](NC(=O)[C@@](C)(Cc1ccccc1)NC(=O)CNC(=O)CNC(=O)[C@@H](N)Cc1ccccc1)[C@@H](C)O)C(=O)N[C@@H](CCCN=C(N)N)C(=O)N[C@@H](CCCCN)C(=O)N[C@@H](CO)C(=O)N[C@@H](C)C(=O)N[C@@H](CCCN=C(N)N)C(=O)N[C@@H](CCCCN)C(N)=O. The first-order valence-corrected chi connectivity index (χ1v) is 32.3. The number of hydrogen-bond acceptors (Lipinski definition) is 20. The number of primary amides is 1. The second-order valence-electron chi connectivity index (χ2n) is 23.6. The Labute approximate surface area is 574 Å². The standard InChI is InChI=1S/C62H102N22O15/c1-35(76-47(88)32-75-58(98)49(37(3)86)83-59(99)62(4,30-39-19-9-6-10-20-39)84-48(89)33-73-46(87)31-74-53(93)40(65)29-38-17-7-5-8-18-38)51(91)79-44(24-16-28-72-61(69)70)55(95)81-42(22-12-14-26-64)56(96)82-45(34-85)57(97)77-36(2)52(92)80-43(23-15-27-71-60(67)68)54(94)78-41(50(66)90)21-11-13-25-63/h5-10,17-20,35-37,40-45,49,85-86H,11-16,21-34,63-65H2,1-4H3,(H2,66,90)(H,73,87)(H,74,93)(H,75,98)(H,76,88)(H,77,97)(H,78,94)(H,79,91)(H,80,92)(H,81,95)(H,82,96)(H,83,99)(H,84,89)(H4,67,68,71)(H4,69,70,72)/t35-,36-,37+,40-,41-,42-,43-,44-,45-,49-,62+/m0/s1. The van der Waals surface area contributed by atoms with Crippen molar-refractivity contribution in [2.45, 2.75) is 171 Å². The third kappa shape index (κ3) is 33.6. The van der Waals surface area contributed by atoms with Gasteiger partial charge in [0.25, 0.3) is 0 Å². The second kappa shape index (κ2) is 45.4. The Morgan fingerprint density at radius 2 is 0.879 bits per heavy atom. The van der Waals surface area contributed by atoms with Crippen molar-refractivity contribution >= 4 is 88.7 Å². The van der Waals surface area contributed by atoms with Crippen LogP contribution in [0, 0.1) is 0 Å². The summed E-state index contributed by atoms with van der Waals surface area (Å²) < 4.78 is 0. The van der Waals surface area contributed by atoms with Crippen LogP contribution in [0.5, 0.6) is 0 Å². The first-order chi connectivity index (χ1) is 46.8. The van der Waals surface area contributed by atoms with Crippen LogP contribution in [0.25, 0.3) is 0 Å². The summed E-state index contributed by atoms with van der Waals surface area (Å²) in [6.07, 6.45) is 0.180. The molecular formula is C62H102N22O15. The number of aliphatic hydroxyl groups excluding tert-OH is 2. The molecule has 0 bridgehead atoms. The third-order valence-electron chi connectivity index (χ3n) is 15.0. The lowest BCUT2D eigenvalue weighted by molar-refractivity contribution is -0.137. The molecule has 99 heavy (non-hydrogen) atoms. The molecule has 0 spiro atoms. The van der Waals surface area contributed by atoms with Crippen LogP contribution < -0.4 is 110 Å². The highest BCUT2D eigenvalue weighted by Gasteiger charge is 2.39. The molecule has 0 radical (unpaired) electrons. The van der Waals surface area contributed by atoms with E-state index >= 15 is 0 Å². The summed E-state index contributed by atoms with van der Waals surface area (Å²) >= 11 is 0. The number of nitrogens with one attached hydrogen (secondary N) is 12. The van der Waals surface area contributed by atoms with Crippen molar-refractivity contribution in [3.8, 4) is 0 Å². The third-order valence-corrected chi connectivity index (χ3v) is 15.0. The summed E-state index contributed by atoms with van der Waals surface area (Å²) in [6, 6.07) is 4.80. The Kier molecular flexibility index (Phi) is 39.0. The first-order valence-electron chi connectivity index (χ1n) is 32.3. The largest absolute Gasteiger partial charge is 0.394 e. The summed E-state index contributed by atoms with van der Waals surface area (Å²) in [7, 11) is 0. The maximum atomic E-state index is 14.1. The van der Waals surface area contributed by atoms with Crippen LogP contribution >= 0.6 is 0 Å². The Morgan fingerprint density at radius 3 is 1.35 bits per heavy atom. The molecule has 0 aliphatic carbocycles. The monoisotopic (exact) mass is 1390 g/mol. The van der Waals surface area contributed by atoms with Gasteiger partial charge >= 0.3 is 0 Å². The van der Waals surface area contributed by atoms with Gasteiger partial charge in [-0.05, 0) is 123 Å². The molecule has 2 aromatic carbocycles. The number of hydrogen-bond donors (Lipinski definition) is 22. The van der Waals surface area contributed by atoms with E-state index in [1.54, 1.807) is 54.6 Å². The van der Waals surface area contributed by atoms with E-state index in [-0.39, 0.29) is 89.3 Å². The zero-order valence-electron chi connectivity index (χ0n) is 56.4. The Hall–Kier alpha value is -10.1. The molecule has 37 heteroatoms. The number of nitrogens with two attached hydrogens (primary N) is 8. The molecule has 11 atom stereocenters. The van der Waals surface area contributed by atoms with E-state index in [0.717, 1.165) is 5.56 Å². The van der Waals surface area contributed by atoms with Crippen LogP contribution in [-0.4, -0.2) is 217 Å². The summed E-state index contributed by atoms with van der Waals surface area (Å²) in [6.45, 7) is 2.54. The molecule has 2 rings (SSSR count). The second-order valence-corrected chi connectivity index (χ2v) is 23.6. The number of amides is 13. The first kappa shape index (κ1) is 85.0. The van der Waals surface area contributed by atoms with Crippen LogP contribution in [0.3, 0.4) is 0 Å². The molecule has 37 nitrogen and oxygen atoms in total. The van der Waals surface area contributed by atoms with Crippen molar-refractivity contribution < 1.29 is 72.5 Å². The van der Waals surface area contributed by atoms with E-state index in [0.29, 0.717) is 31.4 Å². The molecule has 2 aromatic rings. The average molecular weight is 1400 g/mol. The molecule has 0 unspecified atom stereocenters. The van der Waals surface area contributed by atoms with E-state index in [2.05, 4.69) is 73.8 Å². The van der Waals surface area contributed by atoms with Gasteiger partial charge in [0.2, 0.25) is 76.8 Å². The van der Waals surface area contributed by atoms with Crippen LogP contribution in [0.1, 0.15) is 103 Å². The molecule has 0 saturated carbocycles. The highest BCUT2D eigenvalue weighted by atomic mass is 16.3. The van der Waals surface area contributed by atoms with Crippen molar-refractivity contribution in [3.63, 3.8) is 0 Å². The highest BCUT2D eigenvalue weighted by molar-refractivity contribution is 5.99. The number of aliphatic imine (C=N–C) groups is 2. The van der Waals surface area contributed by atoms with E-state index < -0.39 is 169 Å². The number of carbonyl (C=O) groups excluding carboxylic acids is 13. The maximum absolute atomic E-state index is 14.1. The van der Waals surface area contributed by atoms with Crippen LogP contribution in [0.2, 0.25) is 0 Å². The molecule has 0 aliphatic heterocycles. The van der Waals surface area contributed by atoms with Gasteiger partial charge in [-0.15, -0.1) is 0 Å². The van der Waals surface area contributed by atoms with Crippen molar-refractivity contribution in [1.29, 1.82) is 0 Å². The van der Waals surface area contributed by atoms with E-state index in [9.17, 15) is 72.5 Å². The van der Waals surface area contributed by atoms with Gasteiger partial charge in [0, 0.05) is 19.5 Å². The van der Waals surface area contributed by atoms with Gasteiger partial charge < -0.3 is 120 Å². The van der Waals surface area contributed by atoms with Gasteiger partial charge in [-0.1, -0.05) is 60.7 Å². The minimum Gasteiger partial charge on any atom is -0.394 e. The summed E-state index contributed by atoms with van der Waals surface area (Å²) in [5.41, 5.74) is 44.2. The molecule has 0 heterocycles. The topological polar surface area (TPSA) is 640 Å². The quantitative estimate of drug-likeness (QED) is 0.0166. The zero-order chi connectivity index (χ0) is 74.2. The minimum atomic E-state index is -1.85. The summed E-state index contributed by atoms with van der Waals surface area (Å²) in [5, 5.41) is 50.3. The number of aliphatic hydroxyl groups is 2. The lowest BCUT2D eigenvalue weighted by Crippen LogP contribution is -2.64. The number of nitrogens with zero attached hydrogens (tertiary/aromatic N) is 2. The predicted octanol–water partition coefficient (Wildman–Crippen LogP) is -8.84. The molecule has 0 fully saturated rings. The number of carbonyl (C=O) groups is 13. The van der Waals surface area contributed by atoms with Gasteiger partial charge in [-0.25, -0.2) is 0 Å². The Bertz CT molecular complexity index is 3050. The number of guanidine groups is 2. The van der Waals surface area contributed by atoms with Crippen molar-refractivity contribution in [3.05, 3.63) is 71.8 Å². The lowest BCUT2D eigenvalue weighted by Gasteiger charge is -2.32. The fourth-order valence-corrected chi connectivity index (χ4v) is 9.45. The van der Waals surface area contributed by atoms with E-state index in [1.165, 1.54) is 27.7 Å². The zero-order valence-corrected chi connectivity index (χ0v) is 56.4. The average Bonchev–Trinajstić information content (AvgIpc) is 0.826. The van der Waals surface area contributed by atoms with Gasteiger partial charge in [-0.3, -0.25) is 72.3 Å². The normalized spacial score (nSPS) is 14.5. The molecule has 30 N–H and O–H groups in total. The maximum Gasteiger partial charge on any atom is 0.246 e. The van der Waals surface area contributed by atoms with Crippen molar-refractivity contribution in [2.75, 3.05) is 52.4 Å². The highest BCUT2D eigenvalue weighted by Crippen LogP contribution is 2.16. The summed E-state index contributed by atoms with van der Waals surface area (Å²) in [5.74, 6) is -12.2. The fourth-order valence-electron chi connectivity index (χ4n) is 9.45. The molecular weight excluding hydrogens is 1290 g/mol. The van der Waals surface area contributed by atoms with Gasteiger partial charge in [0.15, 0.2) is 11.9 Å². The van der Waals surface area contributed by atoms with Crippen LogP contribution in [-0.2, 0) is 75.2 Å². The predicted molar refractivity (Wildman–Crippen MR) is 364 cm³/mol. The van der Waals surface area contributed by atoms with Crippen molar-refractivity contribution in [1.82, 2.24) is 63.8 Å². The summed E-state index contributed by atoms with van der Waals surface area (Å²) in [4.78, 5) is 182. The molecule has 13 amide bonds. The van der Waals surface area contributed by atoms with Crippen molar-refractivity contribution in [2.24, 2.45) is 55.9 Å². The molecule has 0 aliphatic rings. The molecule has 0 saturated heterocycles.